The van der Waals surface area contributed by atoms with E-state index in [4.69, 9.17) is 16.7 Å². The van der Waals surface area contributed by atoms with Crippen LogP contribution in [0, 0.1) is 6.92 Å². The van der Waals surface area contributed by atoms with Crippen LogP contribution in [-0.2, 0) is 4.79 Å². The molecule has 0 radical (unpaired) electrons. The largest absolute Gasteiger partial charge is 0.481 e. The number of halogens is 1. The van der Waals surface area contributed by atoms with Gasteiger partial charge < -0.3 is 5.11 Å². The Bertz CT molecular complexity index is 612. The highest BCUT2D eigenvalue weighted by Gasteiger charge is 2.18. The van der Waals surface area contributed by atoms with Crippen LogP contribution >= 0.6 is 11.6 Å². The summed E-state index contributed by atoms with van der Waals surface area (Å²) in [6, 6.07) is 5.20. The molecule has 1 aromatic heterocycles. The van der Waals surface area contributed by atoms with Gasteiger partial charge in [-0.25, -0.2) is 4.68 Å². The van der Waals surface area contributed by atoms with Crippen LogP contribution in [0.2, 0.25) is 5.02 Å². The van der Waals surface area contributed by atoms with Gasteiger partial charge in [0.15, 0.2) is 5.82 Å². The van der Waals surface area contributed by atoms with E-state index < -0.39 is 5.97 Å². The van der Waals surface area contributed by atoms with Gasteiger partial charge in [-0.1, -0.05) is 17.7 Å². The molecule has 100 valence electrons. The van der Waals surface area contributed by atoms with Crippen LogP contribution in [0.25, 0.3) is 11.4 Å². The first kappa shape index (κ1) is 13.5. The number of rotatable bonds is 4. The average Bonchev–Trinajstić information content (AvgIpc) is 2.76. The van der Waals surface area contributed by atoms with Crippen LogP contribution in [0.5, 0.6) is 0 Å². The summed E-state index contributed by atoms with van der Waals surface area (Å²) in [4.78, 5) is 10.8. The van der Waals surface area contributed by atoms with Gasteiger partial charge in [0.2, 0.25) is 0 Å². The molecule has 0 amide bonds. The van der Waals surface area contributed by atoms with E-state index in [9.17, 15) is 4.79 Å². The third kappa shape index (κ3) is 2.90. The maximum absolute atomic E-state index is 10.8. The molecule has 2 aromatic rings. The Balaban J connectivity index is 2.41. The van der Waals surface area contributed by atoms with Crippen LogP contribution in [-0.4, -0.2) is 31.3 Å². The molecule has 0 saturated carbocycles. The van der Waals surface area contributed by atoms with Crippen molar-refractivity contribution in [1.29, 1.82) is 0 Å². The van der Waals surface area contributed by atoms with Crippen molar-refractivity contribution in [3.05, 3.63) is 28.8 Å². The number of aromatic nitrogens is 4. The Morgan fingerprint density at radius 1 is 1.53 bits per heavy atom. The van der Waals surface area contributed by atoms with E-state index in [1.165, 1.54) is 4.68 Å². The SMILES string of the molecule is Cc1ccc(-c2nnnn2C(C)CC(=O)O)c(Cl)c1. The zero-order valence-corrected chi connectivity index (χ0v) is 11.3. The molecule has 0 aliphatic carbocycles. The number of benzene rings is 1. The highest BCUT2D eigenvalue weighted by atomic mass is 35.5. The summed E-state index contributed by atoms with van der Waals surface area (Å²) in [7, 11) is 0. The Labute approximate surface area is 115 Å². The summed E-state index contributed by atoms with van der Waals surface area (Å²) in [5.74, 6) is -0.428. The fourth-order valence-electron chi connectivity index (χ4n) is 1.81. The van der Waals surface area contributed by atoms with E-state index >= 15 is 0 Å². The molecule has 2 rings (SSSR count). The van der Waals surface area contributed by atoms with Gasteiger partial charge in [0.25, 0.3) is 0 Å². The van der Waals surface area contributed by atoms with E-state index in [1.807, 2.05) is 25.1 Å². The highest BCUT2D eigenvalue weighted by Crippen LogP contribution is 2.28. The molecule has 0 aliphatic heterocycles. The van der Waals surface area contributed by atoms with Crippen LogP contribution < -0.4 is 0 Å². The maximum atomic E-state index is 10.8. The molecule has 1 unspecified atom stereocenters. The van der Waals surface area contributed by atoms with Gasteiger partial charge >= 0.3 is 5.97 Å². The molecule has 0 bridgehead atoms. The van der Waals surface area contributed by atoms with Crippen molar-refractivity contribution < 1.29 is 9.90 Å². The molecule has 1 aromatic carbocycles. The highest BCUT2D eigenvalue weighted by molar-refractivity contribution is 6.33. The van der Waals surface area contributed by atoms with E-state index in [0.717, 1.165) is 5.56 Å². The second kappa shape index (κ2) is 5.36. The Hall–Kier alpha value is -1.95. The van der Waals surface area contributed by atoms with E-state index in [2.05, 4.69) is 15.5 Å². The number of carboxylic acid groups (broad SMARTS) is 1. The number of tetrazole rings is 1. The lowest BCUT2D eigenvalue weighted by Gasteiger charge is -2.12. The molecule has 1 heterocycles. The van der Waals surface area contributed by atoms with Crippen molar-refractivity contribution in [2.45, 2.75) is 26.3 Å². The van der Waals surface area contributed by atoms with Crippen LogP contribution in [0.1, 0.15) is 24.9 Å². The second-order valence-electron chi connectivity index (χ2n) is 4.38. The number of nitrogens with zero attached hydrogens (tertiary/aromatic N) is 4. The minimum Gasteiger partial charge on any atom is -0.481 e. The number of carboxylic acids is 1. The molecule has 0 spiro atoms. The third-order valence-corrected chi connectivity index (χ3v) is 3.06. The van der Waals surface area contributed by atoms with Gasteiger partial charge in [-0.15, -0.1) is 5.10 Å². The first-order chi connectivity index (χ1) is 8.99. The maximum Gasteiger partial charge on any atom is 0.305 e. The normalized spacial score (nSPS) is 12.4. The predicted octanol–water partition coefficient (Wildman–Crippen LogP) is 2.34. The number of carbonyl (C=O) groups is 1. The fourth-order valence-corrected chi connectivity index (χ4v) is 2.13. The number of aryl methyl sites for hydroxylation is 1. The zero-order valence-electron chi connectivity index (χ0n) is 10.5. The number of hydrogen-bond acceptors (Lipinski definition) is 4. The first-order valence-electron chi connectivity index (χ1n) is 5.75. The van der Waals surface area contributed by atoms with E-state index in [0.29, 0.717) is 16.4 Å². The molecular formula is C12H13ClN4O2. The Morgan fingerprint density at radius 2 is 2.26 bits per heavy atom. The minimum absolute atomic E-state index is 0.0540. The third-order valence-electron chi connectivity index (χ3n) is 2.75. The van der Waals surface area contributed by atoms with Crippen molar-refractivity contribution in [3.63, 3.8) is 0 Å². The summed E-state index contributed by atoms with van der Waals surface area (Å²) >= 11 is 6.18. The lowest BCUT2D eigenvalue weighted by Crippen LogP contribution is -2.13. The smallest absolute Gasteiger partial charge is 0.305 e. The van der Waals surface area contributed by atoms with Crippen molar-refractivity contribution in [3.8, 4) is 11.4 Å². The quantitative estimate of drug-likeness (QED) is 0.929. The van der Waals surface area contributed by atoms with Gasteiger partial charge in [0, 0.05) is 5.56 Å². The molecule has 0 saturated heterocycles. The fraction of sp³-hybridized carbons (Fsp3) is 0.333. The van der Waals surface area contributed by atoms with E-state index in [-0.39, 0.29) is 12.5 Å². The topological polar surface area (TPSA) is 80.9 Å². The molecule has 6 nitrogen and oxygen atoms in total. The summed E-state index contributed by atoms with van der Waals surface area (Å²) < 4.78 is 1.48. The van der Waals surface area contributed by atoms with E-state index in [1.54, 1.807) is 6.92 Å². The first-order valence-corrected chi connectivity index (χ1v) is 6.13. The molecule has 19 heavy (non-hydrogen) atoms. The average molecular weight is 281 g/mol. The minimum atomic E-state index is -0.899. The lowest BCUT2D eigenvalue weighted by molar-refractivity contribution is -0.137. The van der Waals surface area contributed by atoms with Crippen molar-refractivity contribution >= 4 is 17.6 Å². The van der Waals surface area contributed by atoms with Gasteiger partial charge in [-0.2, -0.15) is 0 Å². The monoisotopic (exact) mass is 280 g/mol. The molecule has 0 fully saturated rings. The molecule has 1 atom stereocenters. The molecule has 1 N–H and O–H groups in total. The number of hydrogen-bond donors (Lipinski definition) is 1. The van der Waals surface area contributed by atoms with Gasteiger partial charge in [-0.3, -0.25) is 4.79 Å². The van der Waals surface area contributed by atoms with Gasteiger partial charge in [0.1, 0.15) is 0 Å². The number of aliphatic carboxylic acids is 1. The predicted molar refractivity (Wildman–Crippen MR) is 70.0 cm³/mol. The summed E-state index contributed by atoms with van der Waals surface area (Å²) in [5.41, 5.74) is 1.72. The van der Waals surface area contributed by atoms with Crippen LogP contribution in [0.15, 0.2) is 18.2 Å². The lowest BCUT2D eigenvalue weighted by atomic mass is 10.1. The standard InChI is InChI=1S/C12H13ClN4O2/c1-7-3-4-9(10(13)5-7)12-14-15-16-17(12)8(2)6-11(18)19/h3-5,8H,6H2,1-2H3,(H,18,19). The van der Waals surface area contributed by atoms with Crippen LogP contribution in [0.4, 0.5) is 0 Å². The molecular weight excluding hydrogens is 268 g/mol. The van der Waals surface area contributed by atoms with Crippen molar-refractivity contribution in [1.82, 2.24) is 20.2 Å². The van der Waals surface area contributed by atoms with Gasteiger partial charge in [0.05, 0.1) is 17.5 Å². The molecule has 7 heteroatoms. The summed E-state index contributed by atoms with van der Waals surface area (Å²) in [6.07, 6.45) is -0.0540. The van der Waals surface area contributed by atoms with Gasteiger partial charge in [-0.05, 0) is 42.0 Å². The summed E-state index contributed by atoms with van der Waals surface area (Å²) in [5, 5.41) is 20.7. The second-order valence-corrected chi connectivity index (χ2v) is 4.78. The Morgan fingerprint density at radius 3 is 2.89 bits per heavy atom. The Kier molecular flexibility index (Phi) is 3.80. The molecule has 0 aliphatic rings. The van der Waals surface area contributed by atoms with Crippen LogP contribution in [0.3, 0.4) is 0 Å². The van der Waals surface area contributed by atoms with Crippen molar-refractivity contribution in [2.75, 3.05) is 0 Å². The van der Waals surface area contributed by atoms with Crippen molar-refractivity contribution in [2.24, 2.45) is 0 Å². The zero-order chi connectivity index (χ0) is 14.0. The summed E-state index contributed by atoms with van der Waals surface area (Å²) in [6.45, 7) is 3.68.